The SMILES string of the molecule is CCCCN(CC(=O)N1c2ccccc2-n2cccc2[C@@H]1c1ccc(Cl)cc1)C(=O)Nc1ccc(OC)cc1. The largest absolute Gasteiger partial charge is 0.497 e. The van der Waals surface area contributed by atoms with Crippen LogP contribution in [0, 0.1) is 0 Å². The topological polar surface area (TPSA) is 66.8 Å². The van der Waals surface area contributed by atoms with Gasteiger partial charge in [0.25, 0.3) is 0 Å². The molecule has 3 amide bonds. The maximum Gasteiger partial charge on any atom is 0.322 e. The number of anilines is 2. The first-order chi connectivity index (χ1) is 19.0. The summed E-state index contributed by atoms with van der Waals surface area (Å²) in [6.45, 7) is 2.45. The molecule has 1 aliphatic heterocycles. The molecule has 0 unspecified atom stereocenters. The number of benzene rings is 3. The van der Waals surface area contributed by atoms with Gasteiger partial charge in [-0.05, 0) is 72.6 Å². The molecule has 0 spiro atoms. The molecule has 0 bridgehead atoms. The van der Waals surface area contributed by atoms with E-state index in [2.05, 4.69) is 16.8 Å². The second-order valence-electron chi connectivity index (χ2n) is 9.44. The molecular formula is C31H31ClN4O3. The molecule has 0 aliphatic carbocycles. The number of ether oxygens (including phenoxy) is 1. The van der Waals surface area contributed by atoms with E-state index in [1.165, 1.54) is 0 Å². The van der Waals surface area contributed by atoms with Crippen molar-refractivity contribution < 1.29 is 14.3 Å². The first-order valence-corrected chi connectivity index (χ1v) is 13.4. The van der Waals surface area contributed by atoms with Crippen molar-refractivity contribution in [1.82, 2.24) is 9.47 Å². The first-order valence-electron chi connectivity index (χ1n) is 13.0. The predicted molar refractivity (Wildman–Crippen MR) is 155 cm³/mol. The van der Waals surface area contributed by atoms with Crippen LogP contribution in [-0.2, 0) is 4.79 Å². The molecule has 1 N–H and O–H groups in total. The monoisotopic (exact) mass is 542 g/mol. The summed E-state index contributed by atoms with van der Waals surface area (Å²) in [5.74, 6) is 0.531. The van der Waals surface area contributed by atoms with Crippen LogP contribution in [0.15, 0.2) is 91.1 Å². The van der Waals surface area contributed by atoms with Crippen molar-refractivity contribution >= 4 is 34.9 Å². The van der Waals surface area contributed by atoms with E-state index in [0.717, 1.165) is 35.5 Å². The molecule has 0 saturated heterocycles. The van der Waals surface area contributed by atoms with Crippen LogP contribution >= 0.6 is 11.6 Å². The van der Waals surface area contributed by atoms with Gasteiger partial charge in [0.05, 0.1) is 24.2 Å². The highest BCUT2D eigenvalue weighted by molar-refractivity contribution is 6.30. The summed E-state index contributed by atoms with van der Waals surface area (Å²) in [4.78, 5) is 31.0. The third kappa shape index (κ3) is 5.49. The van der Waals surface area contributed by atoms with Gasteiger partial charge in [0.2, 0.25) is 5.91 Å². The Balaban J connectivity index is 1.48. The maximum absolute atomic E-state index is 14.2. The van der Waals surface area contributed by atoms with Gasteiger partial charge in [-0.2, -0.15) is 0 Å². The highest BCUT2D eigenvalue weighted by Gasteiger charge is 2.37. The van der Waals surface area contributed by atoms with Crippen molar-refractivity contribution in [3.05, 3.63) is 107 Å². The normalized spacial score (nSPS) is 13.8. The number of fused-ring (bicyclic) bond motifs is 3. The lowest BCUT2D eigenvalue weighted by molar-refractivity contribution is -0.119. The van der Waals surface area contributed by atoms with E-state index < -0.39 is 0 Å². The number of unbranched alkanes of at least 4 members (excludes halogenated alkanes) is 1. The maximum atomic E-state index is 14.2. The second-order valence-corrected chi connectivity index (χ2v) is 9.88. The lowest BCUT2D eigenvalue weighted by atomic mass is 9.97. The van der Waals surface area contributed by atoms with E-state index in [9.17, 15) is 9.59 Å². The van der Waals surface area contributed by atoms with Gasteiger partial charge in [-0.1, -0.05) is 49.2 Å². The highest BCUT2D eigenvalue weighted by atomic mass is 35.5. The quantitative estimate of drug-likeness (QED) is 0.263. The number of nitrogens with one attached hydrogen (secondary N) is 1. The van der Waals surface area contributed by atoms with Crippen LogP contribution in [0.2, 0.25) is 5.02 Å². The van der Waals surface area contributed by atoms with E-state index >= 15 is 0 Å². The van der Waals surface area contributed by atoms with Crippen molar-refractivity contribution in [2.24, 2.45) is 0 Å². The summed E-state index contributed by atoms with van der Waals surface area (Å²) < 4.78 is 7.33. The number of carbonyl (C=O) groups excluding carboxylic acids is 2. The number of hydrogen-bond donors (Lipinski definition) is 1. The molecule has 8 heteroatoms. The van der Waals surface area contributed by atoms with Gasteiger partial charge in [-0.3, -0.25) is 9.69 Å². The number of urea groups is 1. The Morgan fingerprint density at radius 2 is 1.67 bits per heavy atom. The summed E-state index contributed by atoms with van der Waals surface area (Å²) in [7, 11) is 1.60. The molecule has 200 valence electrons. The van der Waals surface area contributed by atoms with Gasteiger partial charge >= 0.3 is 6.03 Å². The average molecular weight is 543 g/mol. The Bertz CT molecular complexity index is 1450. The van der Waals surface area contributed by atoms with Gasteiger partial charge in [0.1, 0.15) is 18.3 Å². The van der Waals surface area contributed by atoms with E-state index in [1.54, 1.807) is 36.3 Å². The minimum absolute atomic E-state index is 0.0683. The summed E-state index contributed by atoms with van der Waals surface area (Å²) in [6.07, 6.45) is 3.69. The molecule has 39 heavy (non-hydrogen) atoms. The van der Waals surface area contributed by atoms with Crippen LogP contribution in [0.5, 0.6) is 5.75 Å². The lowest BCUT2D eigenvalue weighted by Crippen LogP contribution is -2.48. The molecule has 0 saturated carbocycles. The Hall–Kier alpha value is -4.23. The highest BCUT2D eigenvalue weighted by Crippen LogP contribution is 2.42. The number of hydrogen-bond acceptors (Lipinski definition) is 3. The molecule has 3 aromatic carbocycles. The Morgan fingerprint density at radius 1 is 0.949 bits per heavy atom. The number of para-hydroxylation sites is 2. The zero-order valence-electron chi connectivity index (χ0n) is 22.0. The van der Waals surface area contributed by atoms with Crippen molar-refractivity contribution in [2.45, 2.75) is 25.8 Å². The fraction of sp³-hybridized carbons (Fsp3) is 0.226. The molecule has 4 aromatic rings. The second kappa shape index (κ2) is 11.7. The van der Waals surface area contributed by atoms with Gasteiger partial charge in [0, 0.05) is 23.5 Å². The lowest BCUT2D eigenvalue weighted by Gasteiger charge is -2.39. The van der Waals surface area contributed by atoms with E-state index in [1.807, 2.05) is 71.8 Å². The van der Waals surface area contributed by atoms with Crippen LogP contribution in [-0.4, -0.2) is 41.6 Å². The number of carbonyl (C=O) groups is 2. The van der Waals surface area contributed by atoms with Crippen LogP contribution in [0.25, 0.3) is 5.69 Å². The van der Waals surface area contributed by atoms with Crippen LogP contribution in [0.1, 0.15) is 37.1 Å². The Labute approximate surface area is 233 Å². The summed E-state index contributed by atoms with van der Waals surface area (Å²) in [5.41, 5.74) is 4.24. The molecule has 1 aliphatic rings. The molecular weight excluding hydrogens is 512 g/mol. The van der Waals surface area contributed by atoms with E-state index in [0.29, 0.717) is 23.0 Å². The fourth-order valence-electron chi connectivity index (χ4n) is 4.94. The van der Waals surface area contributed by atoms with Gasteiger partial charge in [-0.25, -0.2) is 4.79 Å². The fourth-order valence-corrected chi connectivity index (χ4v) is 5.07. The zero-order valence-corrected chi connectivity index (χ0v) is 22.8. The van der Waals surface area contributed by atoms with Crippen molar-refractivity contribution in [1.29, 1.82) is 0 Å². The van der Waals surface area contributed by atoms with Gasteiger partial charge < -0.3 is 19.5 Å². The molecule has 1 aromatic heterocycles. The van der Waals surface area contributed by atoms with E-state index in [4.69, 9.17) is 16.3 Å². The predicted octanol–water partition coefficient (Wildman–Crippen LogP) is 6.91. The Kier molecular flexibility index (Phi) is 7.89. The molecule has 0 fully saturated rings. The molecule has 2 heterocycles. The van der Waals surface area contributed by atoms with Crippen LogP contribution < -0.4 is 15.0 Å². The summed E-state index contributed by atoms with van der Waals surface area (Å²) in [6, 6.07) is 25.9. The number of rotatable bonds is 8. The van der Waals surface area contributed by atoms with E-state index in [-0.39, 0.29) is 24.5 Å². The molecule has 1 atom stereocenters. The minimum atomic E-state index is -0.377. The minimum Gasteiger partial charge on any atom is -0.497 e. The summed E-state index contributed by atoms with van der Waals surface area (Å²) >= 11 is 6.20. The molecule has 7 nitrogen and oxygen atoms in total. The number of amides is 3. The number of halogens is 1. The van der Waals surface area contributed by atoms with Crippen molar-refractivity contribution in [2.75, 3.05) is 30.4 Å². The van der Waals surface area contributed by atoms with Crippen molar-refractivity contribution in [3.63, 3.8) is 0 Å². The van der Waals surface area contributed by atoms with Gasteiger partial charge in [0.15, 0.2) is 0 Å². The standard InChI is InChI=1S/C31H31ClN4O3/c1-3-4-19-34(31(38)33-24-15-17-25(39-2)18-16-24)21-29(37)36-27-9-6-5-8-26(27)35-20-7-10-28(35)30(36)22-11-13-23(32)14-12-22/h5-18,20,30H,3-4,19,21H2,1-2H3,(H,33,38)/t30-/m0/s1. The summed E-state index contributed by atoms with van der Waals surface area (Å²) in [5, 5.41) is 3.56. The van der Waals surface area contributed by atoms with Crippen molar-refractivity contribution in [3.8, 4) is 11.4 Å². The van der Waals surface area contributed by atoms with Crippen LogP contribution in [0.4, 0.5) is 16.2 Å². The molecule has 5 rings (SSSR count). The van der Waals surface area contributed by atoms with Gasteiger partial charge in [-0.15, -0.1) is 0 Å². The number of aromatic nitrogens is 1. The van der Waals surface area contributed by atoms with Crippen LogP contribution in [0.3, 0.4) is 0 Å². The average Bonchev–Trinajstić information content (AvgIpc) is 3.45. The number of nitrogens with zero attached hydrogens (tertiary/aromatic N) is 3. The molecule has 0 radical (unpaired) electrons. The Morgan fingerprint density at radius 3 is 2.36 bits per heavy atom. The third-order valence-electron chi connectivity index (χ3n) is 6.91. The zero-order chi connectivity index (χ0) is 27.4. The first kappa shape index (κ1) is 26.4. The number of methoxy groups -OCH3 is 1. The smallest absolute Gasteiger partial charge is 0.322 e. The third-order valence-corrected chi connectivity index (χ3v) is 7.16.